The largest absolute Gasteiger partial charge is 0.357 e. The van der Waals surface area contributed by atoms with Gasteiger partial charge in [-0.15, -0.1) is 6.58 Å². The predicted molar refractivity (Wildman–Crippen MR) is 116 cm³/mol. The van der Waals surface area contributed by atoms with Crippen molar-refractivity contribution < 1.29 is 0 Å². The Morgan fingerprint density at radius 2 is 1.96 bits per heavy atom. The van der Waals surface area contributed by atoms with Gasteiger partial charge in [0.2, 0.25) is 0 Å². The van der Waals surface area contributed by atoms with Crippen molar-refractivity contribution in [2.45, 2.75) is 58.3 Å². The number of nitrogens with zero attached hydrogens (tertiary/aromatic N) is 1. The van der Waals surface area contributed by atoms with E-state index in [2.05, 4.69) is 82.6 Å². The van der Waals surface area contributed by atoms with Crippen molar-refractivity contribution in [1.82, 2.24) is 4.98 Å². The van der Waals surface area contributed by atoms with Gasteiger partial charge in [0.25, 0.3) is 0 Å². The Bertz CT molecular complexity index is 1160. The number of hydrogen-bond acceptors (Lipinski definition) is 1. The fourth-order valence-corrected chi connectivity index (χ4v) is 6.05. The summed E-state index contributed by atoms with van der Waals surface area (Å²) >= 11 is 0. The standard InChI is InChI=1S/C26H28N2/c1-7-26(6)12-11-17-20-18(26)13-15(14-27)24(2,3)23-22(20)21-16(25(17,4)5)9-8-10-19(21)28-23/h7-10,13,17,28H,1,11-12H2,2-6H3/t17-,26-/m0/s1. The summed E-state index contributed by atoms with van der Waals surface area (Å²) in [6.45, 7) is 15.6. The van der Waals surface area contributed by atoms with E-state index in [1.165, 1.54) is 38.9 Å². The Kier molecular flexibility index (Phi) is 3.19. The highest BCUT2D eigenvalue weighted by Gasteiger charge is 2.50. The van der Waals surface area contributed by atoms with Gasteiger partial charge in [-0.1, -0.05) is 39.0 Å². The van der Waals surface area contributed by atoms with Gasteiger partial charge in [-0.05, 0) is 66.9 Å². The maximum absolute atomic E-state index is 10.1. The molecule has 2 atom stereocenters. The van der Waals surface area contributed by atoms with E-state index in [1.807, 2.05) is 0 Å². The van der Waals surface area contributed by atoms with Crippen molar-refractivity contribution in [3.8, 4) is 6.07 Å². The molecule has 3 aliphatic carbocycles. The summed E-state index contributed by atoms with van der Waals surface area (Å²) in [4.78, 5) is 3.74. The average molecular weight is 369 g/mol. The van der Waals surface area contributed by atoms with Gasteiger partial charge >= 0.3 is 0 Å². The Labute approximate surface area is 167 Å². The highest BCUT2D eigenvalue weighted by atomic mass is 14.8. The Hall–Kier alpha value is -2.53. The number of hydrogen-bond donors (Lipinski definition) is 1. The topological polar surface area (TPSA) is 39.6 Å². The second-order valence-corrected chi connectivity index (χ2v) is 10.2. The van der Waals surface area contributed by atoms with Crippen molar-refractivity contribution >= 4 is 16.5 Å². The third kappa shape index (κ3) is 1.83. The lowest BCUT2D eigenvalue weighted by Crippen LogP contribution is -2.38. The molecule has 0 spiro atoms. The summed E-state index contributed by atoms with van der Waals surface area (Å²) in [5, 5.41) is 11.4. The van der Waals surface area contributed by atoms with Crippen LogP contribution in [0.1, 0.15) is 64.3 Å². The van der Waals surface area contributed by atoms with Gasteiger partial charge in [0.05, 0.1) is 6.07 Å². The number of nitrogens with one attached hydrogen (secondary N) is 1. The van der Waals surface area contributed by atoms with E-state index in [0.29, 0.717) is 5.92 Å². The zero-order valence-electron chi connectivity index (χ0n) is 17.5. The Balaban J connectivity index is 2.06. The molecular formula is C26H28N2. The zero-order chi connectivity index (χ0) is 20.1. The van der Waals surface area contributed by atoms with Crippen molar-refractivity contribution in [1.29, 1.82) is 5.26 Å². The van der Waals surface area contributed by atoms with Crippen molar-refractivity contribution in [3.63, 3.8) is 0 Å². The van der Waals surface area contributed by atoms with Gasteiger partial charge in [0, 0.05) is 38.6 Å². The van der Waals surface area contributed by atoms with Crippen LogP contribution in [0.3, 0.4) is 0 Å². The van der Waals surface area contributed by atoms with Crippen LogP contribution in [0.5, 0.6) is 0 Å². The third-order valence-electron chi connectivity index (χ3n) is 8.02. The molecule has 5 rings (SSSR count). The molecule has 0 saturated heterocycles. The van der Waals surface area contributed by atoms with Crippen molar-refractivity contribution in [2.24, 2.45) is 11.3 Å². The first-order chi connectivity index (χ1) is 13.2. The van der Waals surface area contributed by atoms with E-state index >= 15 is 0 Å². The lowest BCUT2D eigenvalue weighted by molar-refractivity contribution is 0.303. The van der Waals surface area contributed by atoms with Crippen LogP contribution in [0.15, 0.2) is 48.1 Å². The second-order valence-electron chi connectivity index (χ2n) is 10.2. The zero-order valence-corrected chi connectivity index (χ0v) is 17.5. The number of allylic oxidation sites excluding steroid dienone is 5. The van der Waals surface area contributed by atoms with Crippen LogP contribution in [0.25, 0.3) is 16.5 Å². The molecule has 0 radical (unpaired) electrons. The van der Waals surface area contributed by atoms with E-state index in [1.54, 1.807) is 0 Å². The van der Waals surface area contributed by atoms with Crippen LogP contribution >= 0.6 is 0 Å². The van der Waals surface area contributed by atoms with Crippen LogP contribution in [0, 0.1) is 22.7 Å². The van der Waals surface area contributed by atoms with Gasteiger partial charge in [0.1, 0.15) is 0 Å². The molecule has 3 aliphatic rings. The van der Waals surface area contributed by atoms with Crippen LogP contribution < -0.4 is 0 Å². The smallest absolute Gasteiger partial charge is 0.0957 e. The van der Waals surface area contributed by atoms with E-state index in [0.717, 1.165) is 18.4 Å². The molecular weight excluding hydrogens is 340 g/mol. The van der Waals surface area contributed by atoms with Gasteiger partial charge in [-0.2, -0.15) is 5.26 Å². The van der Waals surface area contributed by atoms with E-state index < -0.39 is 0 Å². The molecule has 1 aromatic carbocycles. The van der Waals surface area contributed by atoms with E-state index in [4.69, 9.17) is 0 Å². The lowest BCUT2D eigenvalue weighted by Gasteiger charge is -2.48. The maximum atomic E-state index is 10.1. The average Bonchev–Trinajstić information content (AvgIpc) is 3.01. The summed E-state index contributed by atoms with van der Waals surface area (Å²) in [6.07, 6.45) is 6.52. The van der Waals surface area contributed by atoms with Gasteiger partial charge in [0.15, 0.2) is 0 Å². The second kappa shape index (κ2) is 5.09. The molecule has 2 nitrogen and oxygen atoms in total. The monoisotopic (exact) mass is 368 g/mol. The maximum Gasteiger partial charge on any atom is 0.0957 e. The normalized spacial score (nSPS) is 29.1. The SMILES string of the molecule is C=C[C@@]1(C)CC[C@H]2C3=C1C=C(C#N)C(C)(C)c1[nH]c4cccc(c4c13)C2(C)C. The van der Waals surface area contributed by atoms with E-state index in [9.17, 15) is 5.26 Å². The Morgan fingerprint density at radius 3 is 2.64 bits per heavy atom. The number of aromatic nitrogens is 1. The number of nitriles is 1. The lowest BCUT2D eigenvalue weighted by atomic mass is 9.55. The molecule has 1 aromatic heterocycles. The summed E-state index contributed by atoms with van der Waals surface area (Å²) < 4.78 is 0. The molecule has 0 unspecified atom stereocenters. The number of H-pyrrole nitrogens is 1. The number of benzene rings is 1. The first-order valence-electron chi connectivity index (χ1n) is 10.3. The third-order valence-corrected chi connectivity index (χ3v) is 8.02. The molecule has 0 saturated carbocycles. The minimum Gasteiger partial charge on any atom is -0.357 e. The molecule has 0 bridgehead atoms. The molecule has 2 heteroatoms. The van der Waals surface area contributed by atoms with Crippen LogP contribution in [-0.4, -0.2) is 4.98 Å². The highest BCUT2D eigenvalue weighted by molar-refractivity contribution is 6.03. The van der Waals surface area contributed by atoms with Crippen LogP contribution in [0.2, 0.25) is 0 Å². The molecule has 0 aliphatic heterocycles. The molecule has 0 amide bonds. The quantitative estimate of drug-likeness (QED) is 0.569. The number of rotatable bonds is 1. The molecule has 1 N–H and O–H groups in total. The predicted octanol–water partition coefficient (Wildman–Crippen LogP) is 6.56. The molecule has 142 valence electrons. The number of aromatic amines is 1. The molecule has 28 heavy (non-hydrogen) atoms. The fraction of sp³-hybridized carbons (Fsp3) is 0.423. The molecule has 0 fully saturated rings. The summed E-state index contributed by atoms with van der Waals surface area (Å²) in [5.41, 5.74) is 8.40. The fourth-order valence-electron chi connectivity index (χ4n) is 6.05. The highest BCUT2D eigenvalue weighted by Crippen LogP contribution is 2.62. The first-order valence-corrected chi connectivity index (χ1v) is 10.3. The van der Waals surface area contributed by atoms with Crippen LogP contribution in [0.4, 0.5) is 0 Å². The van der Waals surface area contributed by atoms with Crippen molar-refractivity contribution in [3.05, 3.63) is 64.9 Å². The summed E-state index contributed by atoms with van der Waals surface area (Å²) in [6, 6.07) is 9.21. The minimum absolute atomic E-state index is 0.0597. The summed E-state index contributed by atoms with van der Waals surface area (Å²) in [5.74, 6) is 0.452. The van der Waals surface area contributed by atoms with E-state index in [-0.39, 0.29) is 16.2 Å². The van der Waals surface area contributed by atoms with Gasteiger partial charge < -0.3 is 4.98 Å². The van der Waals surface area contributed by atoms with Gasteiger partial charge in [-0.3, -0.25) is 0 Å². The van der Waals surface area contributed by atoms with Gasteiger partial charge in [-0.25, -0.2) is 0 Å². The first kappa shape index (κ1) is 17.6. The molecule has 1 heterocycles. The molecule has 2 aromatic rings. The minimum atomic E-state index is -0.355. The van der Waals surface area contributed by atoms with Crippen molar-refractivity contribution in [2.75, 3.05) is 0 Å². The van der Waals surface area contributed by atoms with Crippen LogP contribution in [-0.2, 0) is 10.8 Å². The summed E-state index contributed by atoms with van der Waals surface area (Å²) in [7, 11) is 0. The Morgan fingerprint density at radius 1 is 1.21 bits per heavy atom.